The molecule has 106 valence electrons. The van der Waals surface area contributed by atoms with Crippen molar-refractivity contribution in [3.8, 4) is 5.75 Å². The molecule has 19 heavy (non-hydrogen) atoms. The largest absolute Gasteiger partial charge is 0.496 e. The minimum Gasteiger partial charge on any atom is -0.496 e. The van der Waals surface area contributed by atoms with Crippen molar-refractivity contribution in [3.63, 3.8) is 0 Å². The first-order valence-electron chi connectivity index (χ1n) is 6.52. The number of para-hydroxylation sites is 1. The summed E-state index contributed by atoms with van der Waals surface area (Å²) >= 11 is 0. The van der Waals surface area contributed by atoms with E-state index in [0.717, 1.165) is 43.3 Å². The molecule has 2 unspecified atom stereocenters. The molecule has 0 heterocycles. The molecule has 5 heteroatoms. The second-order valence-corrected chi connectivity index (χ2v) is 6.57. The number of benzene rings is 1. The fourth-order valence-corrected chi connectivity index (χ4v) is 3.44. The molecule has 1 fully saturated rings. The summed E-state index contributed by atoms with van der Waals surface area (Å²) in [5, 5.41) is 0. The van der Waals surface area contributed by atoms with Gasteiger partial charge in [0.15, 0.2) is 0 Å². The molecule has 1 aliphatic rings. The molecule has 0 radical (unpaired) electrons. The number of ether oxygens (including phenoxy) is 1. The summed E-state index contributed by atoms with van der Waals surface area (Å²) in [6.45, 7) is 0. The molecular formula is C14H20O4S. The quantitative estimate of drug-likeness (QED) is 0.798. The van der Waals surface area contributed by atoms with Crippen molar-refractivity contribution in [2.45, 2.75) is 37.7 Å². The van der Waals surface area contributed by atoms with Crippen LogP contribution in [0.3, 0.4) is 0 Å². The van der Waals surface area contributed by atoms with Crippen LogP contribution in [0.4, 0.5) is 0 Å². The van der Waals surface area contributed by atoms with E-state index in [2.05, 4.69) is 0 Å². The van der Waals surface area contributed by atoms with E-state index >= 15 is 0 Å². The highest BCUT2D eigenvalue weighted by molar-refractivity contribution is 7.86. The maximum atomic E-state index is 11.4. The van der Waals surface area contributed by atoms with Gasteiger partial charge in [0.25, 0.3) is 10.1 Å². The Labute approximate surface area is 114 Å². The topological polar surface area (TPSA) is 52.6 Å². The summed E-state index contributed by atoms with van der Waals surface area (Å²) < 4.78 is 33.4. The van der Waals surface area contributed by atoms with Gasteiger partial charge < -0.3 is 4.74 Å². The lowest BCUT2D eigenvalue weighted by molar-refractivity contribution is 0.137. The van der Waals surface area contributed by atoms with Crippen molar-refractivity contribution in [2.24, 2.45) is 0 Å². The van der Waals surface area contributed by atoms with Gasteiger partial charge in [-0.05, 0) is 24.5 Å². The summed E-state index contributed by atoms with van der Waals surface area (Å²) in [5.41, 5.74) is 1.04. The minimum atomic E-state index is -3.43. The van der Waals surface area contributed by atoms with Crippen LogP contribution >= 0.6 is 0 Å². The Morgan fingerprint density at radius 3 is 2.53 bits per heavy atom. The van der Waals surface area contributed by atoms with Crippen LogP contribution < -0.4 is 4.74 Å². The highest BCUT2D eigenvalue weighted by Gasteiger charge is 2.31. The molecule has 0 N–H and O–H groups in total. The zero-order valence-corrected chi connectivity index (χ0v) is 12.2. The lowest BCUT2D eigenvalue weighted by Gasteiger charge is -2.31. The molecule has 0 spiro atoms. The molecule has 1 aromatic rings. The molecular weight excluding hydrogens is 264 g/mol. The average Bonchev–Trinajstić information content (AvgIpc) is 2.37. The Morgan fingerprint density at radius 2 is 1.84 bits per heavy atom. The van der Waals surface area contributed by atoms with E-state index in [1.54, 1.807) is 7.11 Å². The van der Waals surface area contributed by atoms with Gasteiger partial charge in [0.2, 0.25) is 0 Å². The first-order chi connectivity index (χ1) is 9.01. The van der Waals surface area contributed by atoms with Crippen molar-refractivity contribution in [2.75, 3.05) is 13.4 Å². The third-order valence-electron chi connectivity index (χ3n) is 3.54. The molecule has 0 bridgehead atoms. The van der Waals surface area contributed by atoms with Gasteiger partial charge in [-0.2, -0.15) is 8.42 Å². The lowest BCUT2D eigenvalue weighted by Crippen LogP contribution is -2.28. The highest BCUT2D eigenvalue weighted by Crippen LogP contribution is 2.39. The Kier molecular flexibility index (Phi) is 4.47. The smallest absolute Gasteiger partial charge is 0.264 e. The Morgan fingerprint density at radius 1 is 1.16 bits per heavy atom. The fraction of sp³-hybridized carbons (Fsp3) is 0.571. The molecule has 1 saturated carbocycles. The zero-order chi connectivity index (χ0) is 13.9. The van der Waals surface area contributed by atoms with Gasteiger partial charge in [-0.15, -0.1) is 0 Å². The summed E-state index contributed by atoms with van der Waals surface area (Å²) in [7, 11) is -1.79. The van der Waals surface area contributed by atoms with Gasteiger partial charge in [0.1, 0.15) is 5.75 Å². The monoisotopic (exact) mass is 284 g/mol. The third-order valence-corrected chi connectivity index (χ3v) is 4.14. The van der Waals surface area contributed by atoms with Crippen LogP contribution in [0.25, 0.3) is 0 Å². The van der Waals surface area contributed by atoms with E-state index in [0.29, 0.717) is 0 Å². The molecule has 0 saturated heterocycles. The highest BCUT2D eigenvalue weighted by atomic mass is 32.2. The van der Waals surface area contributed by atoms with Crippen LogP contribution in [-0.2, 0) is 14.3 Å². The molecule has 1 aliphatic carbocycles. The first-order valence-corrected chi connectivity index (χ1v) is 8.34. The summed E-state index contributed by atoms with van der Waals surface area (Å²) in [6.07, 6.45) is 4.63. The molecule has 4 nitrogen and oxygen atoms in total. The second kappa shape index (κ2) is 5.92. The summed E-state index contributed by atoms with van der Waals surface area (Å²) in [5.74, 6) is 0.885. The predicted octanol–water partition coefficient (Wildman–Crippen LogP) is 2.70. The Hall–Kier alpha value is -1.07. The summed E-state index contributed by atoms with van der Waals surface area (Å²) in [4.78, 5) is 0. The molecule has 0 aromatic heterocycles. The maximum Gasteiger partial charge on any atom is 0.264 e. The van der Waals surface area contributed by atoms with Crippen molar-refractivity contribution in [3.05, 3.63) is 29.8 Å². The van der Waals surface area contributed by atoms with E-state index in [1.165, 1.54) is 0 Å². The summed E-state index contributed by atoms with van der Waals surface area (Å²) in [6, 6.07) is 7.76. The van der Waals surface area contributed by atoms with E-state index in [9.17, 15) is 8.42 Å². The van der Waals surface area contributed by atoms with E-state index in [-0.39, 0.29) is 12.0 Å². The van der Waals surface area contributed by atoms with Gasteiger partial charge in [-0.25, -0.2) is 0 Å². The normalized spacial score (nSPS) is 24.1. The molecule has 1 aromatic carbocycles. The standard InChI is InChI=1S/C14H20O4S/c1-17-13-9-5-3-7-11(13)12-8-4-6-10-14(12)18-19(2,15)16/h3,5,7,9,12,14H,4,6,8,10H2,1-2H3. The van der Waals surface area contributed by atoms with Crippen molar-refractivity contribution < 1.29 is 17.3 Å². The zero-order valence-electron chi connectivity index (χ0n) is 11.3. The van der Waals surface area contributed by atoms with Gasteiger partial charge in [-0.1, -0.05) is 31.0 Å². The predicted molar refractivity (Wildman–Crippen MR) is 73.9 cm³/mol. The maximum absolute atomic E-state index is 11.4. The van der Waals surface area contributed by atoms with Gasteiger partial charge in [0.05, 0.1) is 19.5 Å². The van der Waals surface area contributed by atoms with E-state index < -0.39 is 10.1 Å². The second-order valence-electron chi connectivity index (χ2n) is 4.97. The van der Waals surface area contributed by atoms with Gasteiger partial charge in [0, 0.05) is 5.92 Å². The fourth-order valence-electron chi connectivity index (χ4n) is 2.77. The molecule has 2 atom stereocenters. The van der Waals surface area contributed by atoms with Crippen LogP contribution in [0.5, 0.6) is 5.75 Å². The van der Waals surface area contributed by atoms with Crippen LogP contribution in [0, 0.1) is 0 Å². The van der Waals surface area contributed by atoms with E-state index in [4.69, 9.17) is 8.92 Å². The molecule has 2 rings (SSSR count). The third kappa shape index (κ3) is 3.70. The van der Waals surface area contributed by atoms with Crippen LogP contribution in [0.2, 0.25) is 0 Å². The molecule has 0 aliphatic heterocycles. The SMILES string of the molecule is COc1ccccc1C1CCCCC1OS(C)(=O)=O. The van der Waals surface area contributed by atoms with Gasteiger partial charge >= 0.3 is 0 Å². The van der Waals surface area contributed by atoms with Crippen molar-refractivity contribution in [1.29, 1.82) is 0 Å². The first kappa shape index (κ1) is 14.3. The Bertz CT molecular complexity index is 524. The number of hydrogen-bond donors (Lipinski definition) is 0. The Balaban J connectivity index is 2.28. The van der Waals surface area contributed by atoms with Crippen molar-refractivity contribution in [1.82, 2.24) is 0 Å². The number of methoxy groups -OCH3 is 1. The lowest BCUT2D eigenvalue weighted by atomic mass is 9.81. The van der Waals surface area contributed by atoms with Crippen LogP contribution in [0.1, 0.15) is 37.2 Å². The van der Waals surface area contributed by atoms with Gasteiger partial charge in [-0.3, -0.25) is 4.18 Å². The number of hydrogen-bond acceptors (Lipinski definition) is 4. The van der Waals surface area contributed by atoms with Crippen LogP contribution in [-0.4, -0.2) is 27.9 Å². The van der Waals surface area contributed by atoms with Crippen LogP contribution in [0.15, 0.2) is 24.3 Å². The van der Waals surface area contributed by atoms with Crippen molar-refractivity contribution >= 4 is 10.1 Å². The van der Waals surface area contributed by atoms with E-state index in [1.807, 2.05) is 24.3 Å². The number of rotatable bonds is 4. The minimum absolute atomic E-state index is 0.0830. The molecule has 0 amide bonds. The average molecular weight is 284 g/mol.